The van der Waals surface area contributed by atoms with Gasteiger partial charge in [0.15, 0.2) is 0 Å². The Kier molecular flexibility index (Phi) is 5.72. The molecule has 0 aromatic heterocycles. The second kappa shape index (κ2) is 7.06. The monoisotopic (exact) mass is 319 g/mol. The number of benzene rings is 1. The number of nitrogens with zero attached hydrogens (tertiary/aromatic N) is 1. The van der Waals surface area contributed by atoms with Crippen LogP contribution in [0.4, 0.5) is 5.69 Å². The van der Waals surface area contributed by atoms with Gasteiger partial charge >= 0.3 is 0 Å². The third kappa shape index (κ3) is 4.07. The minimum atomic E-state index is -0.716. The maximum atomic E-state index is 11.8. The van der Waals surface area contributed by atoms with E-state index in [-0.39, 0.29) is 33.7 Å². The SMILES string of the molecule is CCNC(=O)CNC(=O)c1cc([N+](=O)[O-])cc(Cl)c1Cl. The fourth-order valence-corrected chi connectivity index (χ4v) is 1.77. The highest BCUT2D eigenvalue weighted by Crippen LogP contribution is 2.30. The maximum Gasteiger partial charge on any atom is 0.271 e. The van der Waals surface area contributed by atoms with Crippen LogP contribution in [-0.2, 0) is 4.79 Å². The summed E-state index contributed by atoms with van der Waals surface area (Å²) in [4.78, 5) is 33.1. The van der Waals surface area contributed by atoms with Crippen molar-refractivity contribution in [2.24, 2.45) is 0 Å². The Balaban J connectivity index is 2.92. The zero-order chi connectivity index (χ0) is 15.3. The van der Waals surface area contributed by atoms with E-state index in [0.29, 0.717) is 6.54 Å². The molecular formula is C11H11Cl2N3O4. The zero-order valence-electron chi connectivity index (χ0n) is 10.4. The topological polar surface area (TPSA) is 101 Å². The summed E-state index contributed by atoms with van der Waals surface area (Å²) in [6, 6.07) is 2.05. The van der Waals surface area contributed by atoms with Gasteiger partial charge in [0.2, 0.25) is 5.91 Å². The quantitative estimate of drug-likeness (QED) is 0.637. The van der Waals surface area contributed by atoms with E-state index in [1.54, 1.807) is 6.92 Å². The molecule has 0 aliphatic heterocycles. The first kappa shape index (κ1) is 16.2. The van der Waals surface area contributed by atoms with Crippen LogP contribution in [0.1, 0.15) is 17.3 Å². The second-order valence-corrected chi connectivity index (χ2v) is 4.47. The molecule has 9 heteroatoms. The standard InChI is InChI=1S/C11H11Cl2N3O4/c1-2-14-9(17)5-15-11(18)7-3-6(16(19)20)4-8(12)10(7)13/h3-4H,2,5H2,1H3,(H,14,17)(H,15,18). The number of nitrogens with one attached hydrogen (secondary N) is 2. The van der Waals surface area contributed by atoms with Crippen molar-refractivity contribution in [1.82, 2.24) is 10.6 Å². The summed E-state index contributed by atoms with van der Waals surface area (Å²) >= 11 is 11.5. The summed E-state index contributed by atoms with van der Waals surface area (Å²) in [6.45, 7) is 1.90. The summed E-state index contributed by atoms with van der Waals surface area (Å²) in [6.07, 6.45) is 0. The molecule has 0 saturated carbocycles. The van der Waals surface area contributed by atoms with Gasteiger partial charge in [0.25, 0.3) is 11.6 Å². The molecule has 0 atom stereocenters. The lowest BCUT2D eigenvalue weighted by Crippen LogP contribution is -2.36. The molecule has 0 heterocycles. The van der Waals surface area contributed by atoms with E-state index in [0.717, 1.165) is 12.1 Å². The first-order valence-electron chi connectivity index (χ1n) is 5.55. The Morgan fingerprint density at radius 1 is 1.30 bits per heavy atom. The van der Waals surface area contributed by atoms with Crippen LogP contribution < -0.4 is 10.6 Å². The number of nitro benzene ring substituents is 1. The van der Waals surface area contributed by atoms with E-state index in [1.807, 2.05) is 0 Å². The Hall–Kier alpha value is -1.86. The third-order valence-corrected chi connectivity index (χ3v) is 3.05. The van der Waals surface area contributed by atoms with E-state index in [1.165, 1.54) is 0 Å². The van der Waals surface area contributed by atoms with Gasteiger partial charge in [0.1, 0.15) is 0 Å². The van der Waals surface area contributed by atoms with E-state index in [4.69, 9.17) is 23.2 Å². The molecule has 0 fully saturated rings. The first-order valence-corrected chi connectivity index (χ1v) is 6.30. The minimum Gasteiger partial charge on any atom is -0.355 e. The van der Waals surface area contributed by atoms with Crippen molar-refractivity contribution >= 4 is 40.7 Å². The molecule has 0 bridgehead atoms. The first-order chi connectivity index (χ1) is 9.36. The maximum absolute atomic E-state index is 11.8. The van der Waals surface area contributed by atoms with Gasteiger partial charge in [-0.15, -0.1) is 0 Å². The van der Waals surface area contributed by atoms with Crippen LogP contribution in [0.5, 0.6) is 0 Å². The smallest absolute Gasteiger partial charge is 0.271 e. The average molecular weight is 320 g/mol. The van der Waals surface area contributed by atoms with Crippen molar-refractivity contribution in [3.05, 3.63) is 37.9 Å². The van der Waals surface area contributed by atoms with Crippen molar-refractivity contribution in [2.45, 2.75) is 6.92 Å². The molecule has 0 aliphatic carbocycles. The molecule has 0 radical (unpaired) electrons. The molecule has 1 aromatic rings. The molecule has 7 nitrogen and oxygen atoms in total. The Labute approximate surface area is 124 Å². The number of halogens is 2. The number of non-ortho nitro benzene ring substituents is 1. The summed E-state index contributed by atoms with van der Waals surface area (Å²) in [7, 11) is 0. The third-order valence-electron chi connectivity index (χ3n) is 2.25. The number of amides is 2. The lowest BCUT2D eigenvalue weighted by atomic mass is 10.2. The molecule has 1 rings (SSSR count). The lowest BCUT2D eigenvalue weighted by molar-refractivity contribution is -0.384. The van der Waals surface area contributed by atoms with Crippen LogP contribution in [0.25, 0.3) is 0 Å². The van der Waals surface area contributed by atoms with Gasteiger partial charge in [0.05, 0.1) is 27.1 Å². The fraction of sp³-hybridized carbons (Fsp3) is 0.273. The van der Waals surface area contributed by atoms with Crippen LogP contribution >= 0.6 is 23.2 Å². The molecule has 0 spiro atoms. The van der Waals surface area contributed by atoms with Gasteiger partial charge in [-0.25, -0.2) is 0 Å². The number of likely N-dealkylation sites (N-methyl/N-ethyl adjacent to an activating group) is 1. The van der Waals surface area contributed by atoms with E-state index in [2.05, 4.69) is 10.6 Å². The highest BCUT2D eigenvalue weighted by Gasteiger charge is 2.19. The van der Waals surface area contributed by atoms with Crippen LogP contribution in [-0.4, -0.2) is 29.8 Å². The molecule has 20 heavy (non-hydrogen) atoms. The highest BCUT2D eigenvalue weighted by molar-refractivity contribution is 6.44. The number of rotatable bonds is 5. The zero-order valence-corrected chi connectivity index (χ0v) is 11.9. The van der Waals surface area contributed by atoms with Crippen LogP contribution in [0.15, 0.2) is 12.1 Å². The summed E-state index contributed by atoms with van der Waals surface area (Å²) < 4.78 is 0. The molecule has 0 saturated heterocycles. The number of hydrogen-bond donors (Lipinski definition) is 2. The number of hydrogen-bond acceptors (Lipinski definition) is 4. The lowest BCUT2D eigenvalue weighted by Gasteiger charge is -2.07. The molecule has 2 N–H and O–H groups in total. The van der Waals surface area contributed by atoms with Gasteiger partial charge in [0, 0.05) is 18.7 Å². The van der Waals surface area contributed by atoms with Crippen molar-refractivity contribution in [3.63, 3.8) is 0 Å². The number of nitro groups is 1. The normalized spacial score (nSPS) is 9.95. The predicted octanol–water partition coefficient (Wildman–Crippen LogP) is 1.77. The van der Waals surface area contributed by atoms with Crippen molar-refractivity contribution in [2.75, 3.05) is 13.1 Å². The van der Waals surface area contributed by atoms with Crippen LogP contribution in [0.3, 0.4) is 0 Å². The average Bonchev–Trinajstić information content (AvgIpc) is 2.39. The summed E-state index contributed by atoms with van der Waals surface area (Å²) in [5, 5.41) is 15.3. The molecule has 1 aromatic carbocycles. The predicted molar refractivity (Wildman–Crippen MR) is 74.1 cm³/mol. The largest absolute Gasteiger partial charge is 0.355 e. The summed E-state index contributed by atoms with van der Waals surface area (Å²) in [5.41, 5.74) is -0.516. The molecular weight excluding hydrogens is 309 g/mol. The van der Waals surface area contributed by atoms with Gasteiger partial charge in [-0.05, 0) is 6.92 Å². The van der Waals surface area contributed by atoms with Crippen molar-refractivity contribution in [3.8, 4) is 0 Å². The van der Waals surface area contributed by atoms with Gasteiger partial charge < -0.3 is 10.6 Å². The van der Waals surface area contributed by atoms with E-state index < -0.39 is 10.8 Å². The molecule has 2 amide bonds. The van der Waals surface area contributed by atoms with Crippen LogP contribution in [0, 0.1) is 10.1 Å². The fourth-order valence-electron chi connectivity index (χ4n) is 1.36. The van der Waals surface area contributed by atoms with Gasteiger partial charge in [-0.3, -0.25) is 19.7 Å². The Morgan fingerprint density at radius 2 is 1.95 bits per heavy atom. The molecule has 0 aliphatic rings. The Bertz CT molecular complexity index is 563. The Morgan fingerprint density at radius 3 is 2.50 bits per heavy atom. The van der Waals surface area contributed by atoms with Gasteiger partial charge in [-0.1, -0.05) is 23.2 Å². The molecule has 0 unspecified atom stereocenters. The molecule has 108 valence electrons. The van der Waals surface area contributed by atoms with E-state index >= 15 is 0 Å². The van der Waals surface area contributed by atoms with E-state index in [9.17, 15) is 19.7 Å². The van der Waals surface area contributed by atoms with Gasteiger partial charge in [-0.2, -0.15) is 0 Å². The summed E-state index contributed by atoms with van der Waals surface area (Å²) in [5.74, 6) is -1.10. The van der Waals surface area contributed by atoms with Crippen LogP contribution in [0.2, 0.25) is 10.0 Å². The minimum absolute atomic E-state index is 0.106. The number of carbonyl (C=O) groups is 2. The van der Waals surface area contributed by atoms with Crippen molar-refractivity contribution in [1.29, 1.82) is 0 Å². The highest BCUT2D eigenvalue weighted by atomic mass is 35.5. The second-order valence-electron chi connectivity index (χ2n) is 3.68. The number of carbonyl (C=O) groups excluding carboxylic acids is 2. The van der Waals surface area contributed by atoms with Crippen molar-refractivity contribution < 1.29 is 14.5 Å².